The number of anilines is 1. The summed E-state index contributed by atoms with van der Waals surface area (Å²) >= 11 is 0. The van der Waals surface area contributed by atoms with Gasteiger partial charge in [-0.2, -0.15) is 0 Å². The Labute approximate surface area is 197 Å². The van der Waals surface area contributed by atoms with E-state index >= 15 is 0 Å². The zero-order chi connectivity index (χ0) is 24.0. The van der Waals surface area contributed by atoms with Crippen LogP contribution >= 0.6 is 37.7 Å². The molecule has 3 heterocycles. The highest BCUT2D eigenvalue weighted by Gasteiger charge is 2.40. The van der Waals surface area contributed by atoms with Crippen LogP contribution in [0.5, 0.6) is 0 Å². The number of phosphoric ester groups is 1. The van der Waals surface area contributed by atoms with Crippen LogP contribution in [0.2, 0.25) is 0 Å². The minimum atomic E-state index is -4.74. The van der Waals surface area contributed by atoms with E-state index in [9.17, 15) is 14.0 Å². The molecule has 0 aliphatic carbocycles. The predicted molar refractivity (Wildman–Crippen MR) is 125 cm³/mol. The van der Waals surface area contributed by atoms with Gasteiger partial charge in [0, 0.05) is 12.6 Å². The first-order valence-corrected chi connectivity index (χ1v) is 14.9. The van der Waals surface area contributed by atoms with Crippen molar-refractivity contribution in [3.63, 3.8) is 0 Å². The van der Waals surface area contributed by atoms with Gasteiger partial charge in [0.25, 0.3) is 0 Å². The van der Waals surface area contributed by atoms with Gasteiger partial charge in [0.2, 0.25) is 0 Å². The lowest BCUT2D eigenvalue weighted by Gasteiger charge is -2.19. The Morgan fingerprint density at radius 1 is 1.48 bits per heavy atom. The number of ether oxygens (including phenoxy) is 2. The molecule has 17 heteroatoms. The van der Waals surface area contributed by atoms with Gasteiger partial charge in [0.1, 0.15) is 36.1 Å². The standard InChI is InChI=1S/C16H23N5O8P2S2/c1-32-33-9-26-11-5-13(28-12(11)7-27-31(24,25)29-30(22)23)21-6-10(3-2-4-17)14-15(18)19-8-20-16(14)21/h6,8,11-13,30H,4-5,7,9,17H2,1H3,(H,22,23)(H,24,25)(H2,18,19,20)/t11?,12-,13-/m1/s1. The lowest BCUT2D eigenvalue weighted by Crippen LogP contribution is -2.28. The van der Waals surface area contributed by atoms with Gasteiger partial charge in [-0.25, -0.2) is 18.8 Å². The molecule has 2 aromatic rings. The molecule has 2 aromatic heterocycles. The summed E-state index contributed by atoms with van der Waals surface area (Å²) in [5.41, 5.74) is 12.6. The molecule has 1 aliphatic rings. The maximum absolute atomic E-state index is 11.8. The van der Waals surface area contributed by atoms with E-state index in [1.54, 1.807) is 10.8 Å². The number of phosphoric acid groups is 1. The molecule has 3 unspecified atom stereocenters. The molecule has 0 bridgehead atoms. The zero-order valence-electron chi connectivity index (χ0n) is 17.3. The minimum absolute atomic E-state index is 0.159. The Hall–Kier alpha value is -1.14. The van der Waals surface area contributed by atoms with Gasteiger partial charge in [-0.05, 0) is 6.26 Å². The van der Waals surface area contributed by atoms with E-state index in [1.165, 1.54) is 27.9 Å². The monoisotopic (exact) mass is 539 g/mol. The van der Waals surface area contributed by atoms with Crippen molar-refractivity contribution in [3.05, 3.63) is 18.1 Å². The van der Waals surface area contributed by atoms with E-state index in [2.05, 4.69) is 26.1 Å². The van der Waals surface area contributed by atoms with Crippen LogP contribution in [0.4, 0.5) is 5.82 Å². The summed E-state index contributed by atoms with van der Waals surface area (Å²) in [6, 6.07) is 0. The van der Waals surface area contributed by atoms with Crippen LogP contribution in [0.3, 0.4) is 0 Å². The Balaban J connectivity index is 1.86. The molecule has 1 fully saturated rings. The predicted octanol–water partition coefficient (Wildman–Crippen LogP) is 1.48. The summed E-state index contributed by atoms with van der Waals surface area (Å²) in [4.78, 5) is 26.7. The van der Waals surface area contributed by atoms with Crippen molar-refractivity contribution < 1.29 is 37.2 Å². The third-order valence-electron chi connectivity index (χ3n) is 4.50. The fourth-order valence-corrected chi connectivity index (χ4v) is 5.34. The highest BCUT2D eigenvalue weighted by Crippen LogP contribution is 2.51. The summed E-state index contributed by atoms with van der Waals surface area (Å²) in [7, 11) is -5.43. The Morgan fingerprint density at radius 3 is 2.97 bits per heavy atom. The zero-order valence-corrected chi connectivity index (χ0v) is 20.8. The maximum atomic E-state index is 11.8. The van der Waals surface area contributed by atoms with Crippen LogP contribution in [0, 0.1) is 11.8 Å². The number of fused-ring (bicyclic) bond motifs is 1. The molecule has 0 radical (unpaired) electrons. The van der Waals surface area contributed by atoms with Crippen LogP contribution in [-0.4, -0.2) is 61.9 Å². The molecule has 3 rings (SSSR count). The van der Waals surface area contributed by atoms with Crippen LogP contribution in [0.15, 0.2) is 12.5 Å². The van der Waals surface area contributed by atoms with Gasteiger partial charge in [0.05, 0.1) is 30.2 Å². The third-order valence-corrected chi connectivity index (χ3v) is 7.98. The molecule has 0 spiro atoms. The van der Waals surface area contributed by atoms with Crippen molar-refractivity contribution >= 4 is 54.5 Å². The molecule has 182 valence electrons. The summed E-state index contributed by atoms with van der Waals surface area (Å²) < 4.78 is 45.2. The molecular formula is C16H23N5O8P2S2. The smallest absolute Gasteiger partial charge is 0.383 e. The lowest BCUT2D eigenvalue weighted by molar-refractivity contribution is -0.0518. The van der Waals surface area contributed by atoms with Gasteiger partial charge in [-0.15, -0.1) is 0 Å². The van der Waals surface area contributed by atoms with E-state index in [0.29, 0.717) is 29.0 Å². The van der Waals surface area contributed by atoms with E-state index in [-0.39, 0.29) is 12.4 Å². The van der Waals surface area contributed by atoms with Crippen LogP contribution < -0.4 is 11.5 Å². The molecule has 5 atom stereocenters. The summed E-state index contributed by atoms with van der Waals surface area (Å²) in [5, 5.41) is 0.554. The van der Waals surface area contributed by atoms with Crippen LogP contribution in [-0.2, 0) is 27.4 Å². The molecule has 13 nitrogen and oxygen atoms in total. The molecule has 0 amide bonds. The van der Waals surface area contributed by atoms with Gasteiger partial charge in [-0.1, -0.05) is 33.4 Å². The van der Waals surface area contributed by atoms with E-state index in [1.807, 2.05) is 6.26 Å². The van der Waals surface area contributed by atoms with Gasteiger partial charge < -0.3 is 35.3 Å². The van der Waals surface area contributed by atoms with E-state index < -0.39 is 41.1 Å². The van der Waals surface area contributed by atoms with Gasteiger partial charge in [0.15, 0.2) is 0 Å². The first-order valence-electron chi connectivity index (χ1n) is 9.38. The molecule has 0 aromatic carbocycles. The van der Waals surface area contributed by atoms with Crippen molar-refractivity contribution in [3.8, 4) is 11.8 Å². The van der Waals surface area contributed by atoms with Crippen molar-refractivity contribution in [2.45, 2.75) is 24.9 Å². The first-order chi connectivity index (χ1) is 15.8. The fourth-order valence-electron chi connectivity index (χ4n) is 3.22. The van der Waals surface area contributed by atoms with Gasteiger partial charge in [-0.3, -0.25) is 9.09 Å². The summed E-state index contributed by atoms with van der Waals surface area (Å²) in [6.07, 6.45) is 3.41. The summed E-state index contributed by atoms with van der Waals surface area (Å²) in [5.74, 6) is 6.32. The van der Waals surface area contributed by atoms with Crippen LogP contribution in [0.25, 0.3) is 11.0 Å². The van der Waals surface area contributed by atoms with Gasteiger partial charge >= 0.3 is 16.1 Å². The fraction of sp³-hybridized carbons (Fsp3) is 0.500. The van der Waals surface area contributed by atoms with E-state index in [0.717, 1.165) is 0 Å². The van der Waals surface area contributed by atoms with Crippen molar-refractivity contribution in [2.24, 2.45) is 5.73 Å². The molecule has 33 heavy (non-hydrogen) atoms. The summed E-state index contributed by atoms with van der Waals surface area (Å²) in [6.45, 7) is -0.254. The highest BCUT2D eigenvalue weighted by atomic mass is 33.1. The van der Waals surface area contributed by atoms with E-state index in [4.69, 9.17) is 30.4 Å². The Morgan fingerprint density at radius 2 is 2.27 bits per heavy atom. The largest absolute Gasteiger partial charge is 0.479 e. The van der Waals surface area contributed by atoms with Crippen molar-refractivity contribution in [1.82, 2.24) is 14.5 Å². The average molecular weight is 539 g/mol. The Bertz CT molecular complexity index is 1110. The second kappa shape index (κ2) is 12.0. The average Bonchev–Trinajstić information content (AvgIpc) is 3.32. The molecule has 1 saturated heterocycles. The molecule has 1 aliphatic heterocycles. The number of aromatic nitrogens is 3. The number of nitrogens with two attached hydrogens (primary N) is 2. The number of nitrogens with zero attached hydrogens (tertiary/aromatic N) is 3. The maximum Gasteiger partial charge on any atom is 0.479 e. The number of hydrogen-bond acceptors (Lipinski definition) is 12. The quantitative estimate of drug-likeness (QED) is 0.111. The highest BCUT2D eigenvalue weighted by molar-refractivity contribution is 8.76. The number of rotatable bonds is 10. The Kier molecular flexibility index (Phi) is 9.63. The molecular weight excluding hydrogens is 516 g/mol. The minimum Gasteiger partial charge on any atom is -0.383 e. The molecule has 6 N–H and O–H groups in total. The van der Waals surface area contributed by atoms with Crippen molar-refractivity contribution in [1.29, 1.82) is 0 Å². The van der Waals surface area contributed by atoms with Crippen LogP contribution in [0.1, 0.15) is 18.2 Å². The van der Waals surface area contributed by atoms with Crippen molar-refractivity contribution in [2.75, 3.05) is 31.1 Å². The lowest BCUT2D eigenvalue weighted by atomic mass is 10.2. The first kappa shape index (κ1) is 26.5. The second-order valence-electron chi connectivity index (χ2n) is 6.51. The second-order valence-corrected chi connectivity index (χ2v) is 11.5. The normalized spacial score (nSPS) is 23.2. The number of nitrogen functional groups attached to an aromatic ring is 1. The number of hydrogen-bond donors (Lipinski definition) is 4. The molecule has 0 saturated carbocycles. The third kappa shape index (κ3) is 6.94. The topological polar surface area (TPSA) is 194 Å². The SMILES string of the molecule is CSSCOC1C[C@H](n2cc(C#CCN)c3c(N)ncnc32)O[C@@H]1COP(=O)(O)O[PH](=O)O.